The second-order valence-corrected chi connectivity index (χ2v) is 4.48. The van der Waals surface area contributed by atoms with Gasteiger partial charge in [-0.1, -0.05) is 6.92 Å². The van der Waals surface area contributed by atoms with Gasteiger partial charge in [-0.2, -0.15) is 0 Å². The number of rotatable bonds is 8. The molecule has 0 amide bonds. The first-order valence-corrected chi connectivity index (χ1v) is 6.31. The van der Waals surface area contributed by atoms with Crippen LogP contribution in [0.2, 0.25) is 0 Å². The van der Waals surface area contributed by atoms with Gasteiger partial charge in [-0.15, -0.1) is 0 Å². The number of likely N-dealkylation sites (tertiary alicyclic amines) is 1. The summed E-state index contributed by atoms with van der Waals surface area (Å²) >= 11 is 0. The Morgan fingerprint density at radius 2 is 2.27 bits per heavy atom. The average molecular weight is 214 g/mol. The largest absolute Gasteiger partial charge is 0.381 e. The van der Waals surface area contributed by atoms with Crippen molar-refractivity contribution in [3.63, 3.8) is 0 Å². The summed E-state index contributed by atoms with van der Waals surface area (Å²) in [7, 11) is 2.04. The zero-order chi connectivity index (χ0) is 10.9. The van der Waals surface area contributed by atoms with Crippen molar-refractivity contribution >= 4 is 0 Å². The van der Waals surface area contributed by atoms with E-state index in [1.807, 2.05) is 7.05 Å². The Kier molecular flexibility index (Phi) is 6.98. The third kappa shape index (κ3) is 5.50. The molecule has 0 aromatic carbocycles. The third-order valence-electron chi connectivity index (χ3n) is 2.97. The maximum Gasteiger partial charge on any atom is 0.0478 e. The Morgan fingerprint density at radius 3 is 3.00 bits per heavy atom. The zero-order valence-corrected chi connectivity index (χ0v) is 10.3. The average Bonchev–Trinajstić information content (AvgIpc) is 2.66. The van der Waals surface area contributed by atoms with Crippen molar-refractivity contribution in [3.8, 4) is 0 Å². The number of nitrogens with one attached hydrogen (secondary N) is 1. The molecule has 1 heterocycles. The van der Waals surface area contributed by atoms with Crippen LogP contribution in [0.5, 0.6) is 0 Å². The van der Waals surface area contributed by atoms with Crippen molar-refractivity contribution < 1.29 is 4.74 Å². The minimum atomic E-state index is 0.867. The maximum atomic E-state index is 5.48. The Labute approximate surface area is 94.2 Å². The van der Waals surface area contributed by atoms with Gasteiger partial charge in [-0.3, -0.25) is 0 Å². The Hall–Kier alpha value is -0.120. The molecule has 15 heavy (non-hydrogen) atoms. The standard InChI is InChI=1S/C12H26N2O/c1-3-8-15-9-4-6-14-7-5-12(11-14)10-13-2/h12-13H,3-11H2,1-2H3. The lowest BCUT2D eigenvalue weighted by Crippen LogP contribution is -2.26. The molecule has 1 aliphatic heterocycles. The van der Waals surface area contributed by atoms with E-state index >= 15 is 0 Å². The van der Waals surface area contributed by atoms with Gasteiger partial charge in [-0.25, -0.2) is 0 Å². The number of hydrogen-bond acceptors (Lipinski definition) is 3. The predicted molar refractivity (Wildman–Crippen MR) is 64.2 cm³/mol. The van der Waals surface area contributed by atoms with Crippen LogP contribution >= 0.6 is 0 Å². The zero-order valence-electron chi connectivity index (χ0n) is 10.3. The van der Waals surface area contributed by atoms with Crippen LogP contribution in [0.1, 0.15) is 26.2 Å². The monoisotopic (exact) mass is 214 g/mol. The van der Waals surface area contributed by atoms with Gasteiger partial charge in [0.05, 0.1) is 0 Å². The van der Waals surface area contributed by atoms with Gasteiger partial charge in [0.2, 0.25) is 0 Å². The second kappa shape index (κ2) is 8.08. The fourth-order valence-electron chi connectivity index (χ4n) is 2.21. The summed E-state index contributed by atoms with van der Waals surface area (Å²) in [6.45, 7) is 8.94. The first kappa shape index (κ1) is 12.9. The van der Waals surface area contributed by atoms with Crippen molar-refractivity contribution in [1.82, 2.24) is 10.2 Å². The molecule has 1 saturated heterocycles. The fraction of sp³-hybridized carbons (Fsp3) is 1.00. The summed E-state index contributed by atoms with van der Waals surface area (Å²) < 4.78 is 5.48. The van der Waals surface area contributed by atoms with Gasteiger partial charge in [0.1, 0.15) is 0 Å². The molecular weight excluding hydrogens is 188 g/mol. The van der Waals surface area contributed by atoms with E-state index in [9.17, 15) is 0 Å². The van der Waals surface area contributed by atoms with E-state index in [2.05, 4.69) is 17.1 Å². The van der Waals surface area contributed by atoms with E-state index in [1.54, 1.807) is 0 Å². The van der Waals surface area contributed by atoms with Gasteiger partial charge < -0.3 is 15.0 Å². The minimum Gasteiger partial charge on any atom is -0.381 e. The van der Waals surface area contributed by atoms with E-state index in [1.165, 1.54) is 39.0 Å². The molecule has 3 nitrogen and oxygen atoms in total. The fourth-order valence-corrected chi connectivity index (χ4v) is 2.21. The Bertz CT molecular complexity index is 153. The summed E-state index contributed by atoms with van der Waals surface area (Å²) in [6, 6.07) is 0. The molecule has 1 rings (SSSR count). The number of hydrogen-bond donors (Lipinski definition) is 1. The van der Waals surface area contributed by atoms with E-state index in [0.717, 1.165) is 25.6 Å². The lowest BCUT2D eigenvalue weighted by atomic mass is 10.1. The molecule has 1 N–H and O–H groups in total. The quantitative estimate of drug-likeness (QED) is 0.617. The Morgan fingerprint density at radius 1 is 1.40 bits per heavy atom. The van der Waals surface area contributed by atoms with Crippen molar-refractivity contribution in [1.29, 1.82) is 0 Å². The lowest BCUT2D eigenvalue weighted by Gasteiger charge is -2.15. The van der Waals surface area contributed by atoms with Gasteiger partial charge >= 0.3 is 0 Å². The topological polar surface area (TPSA) is 24.5 Å². The highest BCUT2D eigenvalue weighted by Crippen LogP contribution is 2.15. The third-order valence-corrected chi connectivity index (χ3v) is 2.97. The van der Waals surface area contributed by atoms with E-state index in [4.69, 9.17) is 4.74 Å². The van der Waals surface area contributed by atoms with Crippen LogP contribution < -0.4 is 5.32 Å². The molecule has 90 valence electrons. The maximum absolute atomic E-state index is 5.48. The summed E-state index contributed by atoms with van der Waals surface area (Å²) in [5.74, 6) is 0.867. The van der Waals surface area contributed by atoms with Crippen LogP contribution in [0, 0.1) is 5.92 Å². The molecule has 0 aliphatic carbocycles. The van der Waals surface area contributed by atoms with Crippen LogP contribution in [0.25, 0.3) is 0 Å². The summed E-state index contributed by atoms with van der Waals surface area (Å²) in [5, 5.41) is 3.26. The van der Waals surface area contributed by atoms with Crippen LogP contribution in [0.15, 0.2) is 0 Å². The number of ether oxygens (including phenoxy) is 1. The minimum absolute atomic E-state index is 0.867. The first-order chi connectivity index (χ1) is 7.36. The van der Waals surface area contributed by atoms with E-state index < -0.39 is 0 Å². The second-order valence-electron chi connectivity index (χ2n) is 4.48. The van der Waals surface area contributed by atoms with Crippen LogP contribution in [-0.4, -0.2) is 51.3 Å². The van der Waals surface area contributed by atoms with Gasteiger partial charge in [0.15, 0.2) is 0 Å². The molecule has 0 aromatic rings. The molecule has 0 radical (unpaired) electrons. The van der Waals surface area contributed by atoms with Gasteiger partial charge in [-0.05, 0) is 45.3 Å². The molecule has 3 heteroatoms. The molecule has 0 spiro atoms. The van der Waals surface area contributed by atoms with Gasteiger partial charge in [0, 0.05) is 26.3 Å². The van der Waals surface area contributed by atoms with E-state index in [-0.39, 0.29) is 0 Å². The van der Waals surface area contributed by atoms with Crippen molar-refractivity contribution in [2.45, 2.75) is 26.2 Å². The SMILES string of the molecule is CCCOCCCN1CCC(CNC)C1. The molecule has 1 fully saturated rings. The van der Waals surface area contributed by atoms with E-state index in [0.29, 0.717) is 0 Å². The van der Waals surface area contributed by atoms with Crippen LogP contribution in [0.3, 0.4) is 0 Å². The lowest BCUT2D eigenvalue weighted by molar-refractivity contribution is 0.123. The first-order valence-electron chi connectivity index (χ1n) is 6.31. The smallest absolute Gasteiger partial charge is 0.0478 e. The Balaban J connectivity index is 1.94. The van der Waals surface area contributed by atoms with Crippen LogP contribution in [0.4, 0.5) is 0 Å². The normalized spacial score (nSPS) is 22.4. The highest BCUT2D eigenvalue weighted by atomic mass is 16.5. The molecule has 0 aromatic heterocycles. The molecule has 1 atom stereocenters. The van der Waals surface area contributed by atoms with Crippen molar-refractivity contribution in [2.75, 3.05) is 46.4 Å². The van der Waals surface area contributed by atoms with Crippen LogP contribution in [-0.2, 0) is 4.74 Å². The highest BCUT2D eigenvalue weighted by molar-refractivity contribution is 4.76. The summed E-state index contributed by atoms with van der Waals surface area (Å²) in [6.07, 6.45) is 3.68. The number of nitrogens with zero attached hydrogens (tertiary/aromatic N) is 1. The van der Waals surface area contributed by atoms with Crippen molar-refractivity contribution in [2.24, 2.45) is 5.92 Å². The summed E-state index contributed by atoms with van der Waals surface area (Å²) in [4.78, 5) is 2.57. The molecule has 1 aliphatic rings. The highest BCUT2D eigenvalue weighted by Gasteiger charge is 2.20. The molecule has 0 saturated carbocycles. The predicted octanol–water partition coefficient (Wildman–Crippen LogP) is 1.34. The molecule has 1 unspecified atom stereocenters. The molecule has 0 bridgehead atoms. The van der Waals surface area contributed by atoms with Crippen molar-refractivity contribution in [3.05, 3.63) is 0 Å². The molecular formula is C12H26N2O. The van der Waals surface area contributed by atoms with Gasteiger partial charge in [0.25, 0.3) is 0 Å². The summed E-state index contributed by atoms with van der Waals surface area (Å²) in [5.41, 5.74) is 0.